The molecule has 0 fully saturated rings. The van der Waals surface area contributed by atoms with E-state index < -0.39 is 5.97 Å². The third-order valence-electron chi connectivity index (χ3n) is 3.48. The number of amides is 1. The predicted molar refractivity (Wildman–Crippen MR) is 89.5 cm³/mol. The van der Waals surface area contributed by atoms with Crippen molar-refractivity contribution in [3.63, 3.8) is 0 Å². The molecule has 2 aromatic carbocycles. The molecule has 0 aliphatic heterocycles. The fourth-order valence-corrected chi connectivity index (χ4v) is 2.06. The van der Waals surface area contributed by atoms with Gasteiger partial charge in [-0.25, -0.2) is 0 Å². The Bertz CT molecular complexity index is 711. The van der Waals surface area contributed by atoms with Crippen molar-refractivity contribution < 1.29 is 14.3 Å². The van der Waals surface area contributed by atoms with Crippen molar-refractivity contribution in [3.05, 3.63) is 69.7 Å². The summed E-state index contributed by atoms with van der Waals surface area (Å²) in [4.78, 5) is 23.7. The van der Waals surface area contributed by atoms with Gasteiger partial charge in [0.1, 0.15) is 13.2 Å². The third-order valence-corrected chi connectivity index (χ3v) is 3.73. The summed E-state index contributed by atoms with van der Waals surface area (Å²) in [5, 5.41) is 3.18. The van der Waals surface area contributed by atoms with Gasteiger partial charge in [-0.1, -0.05) is 29.8 Å². The molecule has 120 valence electrons. The molecule has 0 aliphatic rings. The Morgan fingerprint density at radius 2 is 1.74 bits per heavy atom. The van der Waals surface area contributed by atoms with E-state index in [0.717, 1.165) is 16.7 Å². The first-order valence-corrected chi connectivity index (χ1v) is 7.59. The molecule has 0 saturated heterocycles. The van der Waals surface area contributed by atoms with Gasteiger partial charge in [-0.05, 0) is 54.8 Å². The number of halogens is 1. The van der Waals surface area contributed by atoms with Gasteiger partial charge in [0.25, 0.3) is 5.91 Å². The maximum absolute atomic E-state index is 12.0. The van der Waals surface area contributed by atoms with E-state index in [9.17, 15) is 9.59 Å². The number of benzene rings is 2. The summed E-state index contributed by atoms with van der Waals surface area (Å²) in [6.07, 6.45) is 0. The molecule has 0 spiro atoms. The molecule has 5 heteroatoms. The van der Waals surface area contributed by atoms with Crippen LogP contribution in [0.15, 0.2) is 42.5 Å². The molecule has 2 rings (SSSR count). The van der Waals surface area contributed by atoms with Crippen molar-refractivity contribution in [3.8, 4) is 0 Å². The average Bonchev–Trinajstić information content (AvgIpc) is 2.54. The van der Waals surface area contributed by atoms with Crippen LogP contribution in [-0.4, -0.2) is 18.4 Å². The number of hydrogen-bond donors (Lipinski definition) is 1. The first kappa shape index (κ1) is 17.0. The molecule has 4 nitrogen and oxygen atoms in total. The summed E-state index contributed by atoms with van der Waals surface area (Å²) in [6.45, 7) is 3.90. The molecule has 0 aromatic heterocycles. The highest BCUT2D eigenvalue weighted by atomic mass is 35.5. The van der Waals surface area contributed by atoms with Crippen molar-refractivity contribution in [2.75, 3.05) is 6.54 Å². The molecule has 0 aliphatic carbocycles. The van der Waals surface area contributed by atoms with E-state index >= 15 is 0 Å². The summed E-state index contributed by atoms with van der Waals surface area (Å²) in [7, 11) is 0. The molecule has 0 heterocycles. The van der Waals surface area contributed by atoms with Crippen LogP contribution >= 0.6 is 11.6 Å². The third kappa shape index (κ3) is 5.11. The van der Waals surface area contributed by atoms with Gasteiger partial charge in [0.15, 0.2) is 0 Å². The number of aryl methyl sites for hydroxylation is 2. The Labute approximate surface area is 140 Å². The fourth-order valence-electron chi connectivity index (χ4n) is 1.93. The van der Waals surface area contributed by atoms with Crippen LogP contribution in [0.4, 0.5) is 0 Å². The molecule has 23 heavy (non-hydrogen) atoms. The largest absolute Gasteiger partial charge is 0.460 e. The lowest BCUT2D eigenvalue weighted by atomic mass is 10.1. The zero-order valence-corrected chi connectivity index (χ0v) is 13.8. The number of carbonyl (C=O) groups excluding carboxylic acids is 2. The predicted octanol–water partition coefficient (Wildman–Crippen LogP) is 3.43. The van der Waals surface area contributed by atoms with Crippen molar-refractivity contribution >= 4 is 23.5 Å². The van der Waals surface area contributed by atoms with E-state index in [1.54, 1.807) is 36.4 Å². The van der Waals surface area contributed by atoms with Crippen LogP contribution in [0, 0.1) is 13.8 Å². The summed E-state index contributed by atoms with van der Waals surface area (Å²) in [5.74, 6) is -0.784. The van der Waals surface area contributed by atoms with Gasteiger partial charge in [0.2, 0.25) is 0 Å². The lowest BCUT2D eigenvalue weighted by Crippen LogP contribution is -2.30. The van der Waals surface area contributed by atoms with Crippen molar-refractivity contribution in [1.29, 1.82) is 0 Å². The van der Waals surface area contributed by atoms with E-state index in [2.05, 4.69) is 5.32 Å². The second-order valence-electron chi connectivity index (χ2n) is 5.27. The minimum atomic E-state index is -0.489. The first-order chi connectivity index (χ1) is 11.0. The van der Waals surface area contributed by atoms with Gasteiger partial charge in [0.05, 0.1) is 0 Å². The molecule has 0 unspecified atom stereocenters. The normalized spacial score (nSPS) is 10.2. The standard InChI is InChI=1S/C18H18ClNO3/c1-12-3-6-15(9-13(12)2)18(22)20-10-17(21)23-11-14-4-7-16(19)8-5-14/h3-9H,10-11H2,1-2H3,(H,20,22). The number of hydrogen-bond acceptors (Lipinski definition) is 3. The summed E-state index contributed by atoms with van der Waals surface area (Å²) >= 11 is 5.78. The monoisotopic (exact) mass is 331 g/mol. The number of rotatable bonds is 5. The topological polar surface area (TPSA) is 55.4 Å². The first-order valence-electron chi connectivity index (χ1n) is 7.21. The summed E-state index contributed by atoms with van der Waals surface area (Å²) in [6, 6.07) is 12.4. The van der Waals surface area contributed by atoms with E-state index in [0.29, 0.717) is 10.6 Å². The van der Waals surface area contributed by atoms with Gasteiger partial charge in [0, 0.05) is 10.6 Å². The van der Waals surface area contributed by atoms with Gasteiger partial charge < -0.3 is 10.1 Å². The SMILES string of the molecule is Cc1ccc(C(=O)NCC(=O)OCc2ccc(Cl)cc2)cc1C. The Kier molecular flexibility index (Phi) is 5.77. The van der Waals surface area contributed by atoms with Crippen LogP contribution in [0.1, 0.15) is 27.0 Å². The van der Waals surface area contributed by atoms with Crippen LogP contribution in [0.2, 0.25) is 5.02 Å². The molecule has 0 radical (unpaired) electrons. The summed E-state index contributed by atoms with van der Waals surface area (Å²) < 4.78 is 5.10. The van der Waals surface area contributed by atoms with Gasteiger partial charge in [-0.3, -0.25) is 9.59 Å². The minimum absolute atomic E-state index is 0.148. The average molecular weight is 332 g/mol. The zero-order chi connectivity index (χ0) is 16.8. The van der Waals surface area contributed by atoms with Gasteiger partial charge in [-0.15, -0.1) is 0 Å². The smallest absolute Gasteiger partial charge is 0.325 e. The molecule has 1 amide bonds. The molecule has 0 atom stereocenters. The lowest BCUT2D eigenvalue weighted by Gasteiger charge is -2.08. The summed E-state index contributed by atoms with van der Waals surface area (Å²) in [5.41, 5.74) is 3.51. The molecular formula is C18H18ClNO3. The minimum Gasteiger partial charge on any atom is -0.460 e. The van der Waals surface area contributed by atoms with Crippen LogP contribution in [0.5, 0.6) is 0 Å². The zero-order valence-electron chi connectivity index (χ0n) is 13.1. The second kappa shape index (κ2) is 7.79. The van der Waals surface area contributed by atoms with E-state index in [-0.39, 0.29) is 19.1 Å². The molecule has 0 bridgehead atoms. The molecule has 1 N–H and O–H groups in total. The second-order valence-corrected chi connectivity index (χ2v) is 5.71. The van der Waals surface area contributed by atoms with Crippen LogP contribution in [0.25, 0.3) is 0 Å². The molecule has 2 aromatic rings. The number of ether oxygens (including phenoxy) is 1. The maximum Gasteiger partial charge on any atom is 0.325 e. The quantitative estimate of drug-likeness (QED) is 0.854. The van der Waals surface area contributed by atoms with Crippen LogP contribution < -0.4 is 5.32 Å². The lowest BCUT2D eigenvalue weighted by molar-refractivity contribution is -0.143. The van der Waals surface area contributed by atoms with Crippen LogP contribution in [-0.2, 0) is 16.1 Å². The Hall–Kier alpha value is -2.33. The molecule has 0 saturated carbocycles. The van der Waals surface area contributed by atoms with Crippen LogP contribution in [0.3, 0.4) is 0 Å². The van der Waals surface area contributed by atoms with Gasteiger partial charge >= 0.3 is 5.97 Å². The number of nitrogens with one attached hydrogen (secondary N) is 1. The Morgan fingerprint density at radius 3 is 2.39 bits per heavy atom. The Balaban J connectivity index is 1.80. The highest BCUT2D eigenvalue weighted by Gasteiger charge is 2.09. The van der Waals surface area contributed by atoms with Crippen molar-refractivity contribution in [2.45, 2.75) is 20.5 Å². The molecular weight excluding hydrogens is 314 g/mol. The maximum atomic E-state index is 12.0. The highest BCUT2D eigenvalue weighted by Crippen LogP contribution is 2.11. The number of carbonyl (C=O) groups is 2. The van der Waals surface area contributed by atoms with Gasteiger partial charge in [-0.2, -0.15) is 0 Å². The van der Waals surface area contributed by atoms with Crippen molar-refractivity contribution in [1.82, 2.24) is 5.32 Å². The highest BCUT2D eigenvalue weighted by molar-refractivity contribution is 6.30. The van der Waals surface area contributed by atoms with E-state index in [4.69, 9.17) is 16.3 Å². The van der Waals surface area contributed by atoms with E-state index in [1.807, 2.05) is 19.9 Å². The Morgan fingerprint density at radius 1 is 1.04 bits per heavy atom. The number of esters is 1. The fraction of sp³-hybridized carbons (Fsp3) is 0.222. The van der Waals surface area contributed by atoms with E-state index in [1.165, 1.54) is 0 Å². The van der Waals surface area contributed by atoms with Crippen molar-refractivity contribution in [2.24, 2.45) is 0 Å².